The van der Waals surface area contributed by atoms with Crippen molar-refractivity contribution in [1.29, 1.82) is 0 Å². The Labute approximate surface area is 364 Å². The van der Waals surface area contributed by atoms with Crippen LogP contribution in [0.15, 0.2) is 0 Å². The largest absolute Gasteiger partial charge is 1.00 e. The van der Waals surface area contributed by atoms with Crippen molar-refractivity contribution in [2.45, 2.75) is 0 Å². The van der Waals surface area contributed by atoms with E-state index >= 15 is 0 Å². The van der Waals surface area contributed by atoms with Gasteiger partial charge in [0.25, 0.3) is 0 Å². The zero-order valence-corrected chi connectivity index (χ0v) is 40.0. The van der Waals surface area contributed by atoms with Gasteiger partial charge in [-0.3, -0.25) is 0 Å². The van der Waals surface area contributed by atoms with Crippen LogP contribution in [0, 0.1) is 0 Å². The van der Waals surface area contributed by atoms with Crippen molar-refractivity contribution in [3.8, 4) is 0 Å². The Kier molecular flexibility index (Phi) is 80.5. The van der Waals surface area contributed by atoms with Crippen molar-refractivity contribution in [1.82, 2.24) is 0 Å². The molecule has 0 saturated heterocycles. The van der Waals surface area contributed by atoms with Gasteiger partial charge in [-0.25, -0.2) is 21.0 Å². The van der Waals surface area contributed by atoms with Crippen molar-refractivity contribution in [3.63, 3.8) is 0 Å². The van der Waals surface area contributed by atoms with Crippen molar-refractivity contribution in [2.75, 3.05) is 52.9 Å². The van der Waals surface area contributed by atoms with Gasteiger partial charge in [0.15, 0.2) is 0 Å². The molecule has 8 atom stereocenters. The summed E-state index contributed by atoms with van der Waals surface area (Å²) >= 11 is 0. The fraction of sp³-hybridized carbons (Fsp3) is 1.00. The van der Waals surface area contributed by atoms with E-state index in [1.165, 1.54) is 0 Å². The molecule has 40 heteroatoms. The van der Waals surface area contributed by atoms with Gasteiger partial charge in [-0.15, -0.1) is 36.2 Å². The summed E-state index contributed by atoms with van der Waals surface area (Å²) in [6.45, 7) is -1.99. The Morgan fingerprint density at radius 2 is 0.438 bits per heavy atom. The Morgan fingerprint density at radius 1 is 0.312 bits per heavy atom. The van der Waals surface area contributed by atoms with Crippen LogP contribution in [-0.2, 0) is 91.4 Å². The van der Waals surface area contributed by atoms with Gasteiger partial charge in [0.1, 0.15) is 52.9 Å². The maximum atomic E-state index is 10.1. The van der Waals surface area contributed by atoms with Crippen LogP contribution in [0.4, 0.5) is 0 Å². The molecule has 28 nitrogen and oxygen atoms in total. The van der Waals surface area contributed by atoms with Gasteiger partial charge in [0.05, 0.1) is 18.7 Å². The summed E-state index contributed by atoms with van der Waals surface area (Å²) in [4.78, 5) is 38.9. The molecule has 0 amide bonds. The van der Waals surface area contributed by atoms with E-state index in [-0.39, 0.29) is 171 Å². The van der Waals surface area contributed by atoms with Crippen LogP contribution in [0.25, 0.3) is 0 Å². The van der Waals surface area contributed by atoms with Crippen LogP contribution < -0.4 is 138 Å². The van der Waals surface area contributed by atoms with Gasteiger partial charge in [0.2, 0.25) is 0 Å². The molecule has 8 unspecified atom stereocenters. The summed E-state index contributed by atoms with van der Waals surface area (Å²) in [7, 11) is -22.0. The van der Waals surface area contributed by atoms with Gasteiger partial charge < -0.3 is 19.6 Å². The Balaban J connectivity index is -0.0000000721. The average molecular weight is 904 g/mol. The third-order valence-corrected chi connectivity index (χ3v) is 5.85. The van der Waals surface area contributed by atoms with Crippen molar-refractivity contribution < 1.29 is 250 Å². The molecule has 0 aliphatic rings. The van der Waals surface area contributed by atoms with E-state index in [1.54, 1.807) is 0 Å². The molecule has 4 N–H and O–H groups in total. The van der Waals surface area contributed by atoms with Crippen LogP contribution in [-0.4, -0.2) is 73.9 Å². The molecule has 0 aromatic heterocycles. The van der Waals surface area contributed by atoms with Crippen LogP contribution in [0.2, 0.25) is 0 Å². The first kappa shape index (κ1) is 69.9. The third kappa shape index (κ3) is 75.0. The van der Waals surface area contributed by atoms with E-state index in [1.807, 2.05) is 0 Å². The molecule has 0 rings (SSSR count). The minimum atomic E-state index is -2.91. The van der Waals surface area contributed by atoms with Crippen LogP contribution in [0.1, 0.15) is 0 Å². The van der Waals surface area contributed by atoms with Gasteiger partial charge in [-0.1, -0.05) is 0 Å². The molecule has 0 heterocycles. The van der Waals surface area contributed by atoms with E-state index < -0.39 is 66.0 Å². The summed E-state index contributed by atoms with van der Waals surface area (Å²) in [5, 5.41) is 30.7. The summed E-state index contributed by atoms with van der Waals surface area (Å²) in [6, 6.07) is 0. The first-order chi connectivity index (χ1) is 20.7. The Bertz CT molecular complexity index is 737. The third-order valence-electron chi connectivity index (χ3n) is 2.17. The minimum absolute atomic E-state index is 0. The second-order valence-electron chi connectivity index (χ2n) is 4.78. The molecular formula is C8H20Na4O28P8+8. The molecule has 0 bridgehead atoms. The molecule has 48 heavy (non-hydrogen) atoms. The van der Waals surface area contributed by atoms with Gasteiger partial charge in [0, 0.05) is 18.3 Å². The molecule has 0 aliphatic heterocycles. The second kappa shape index (κ2) is 55.3. The molecule has 0 radical (unpaired) electrons. The Morgan fingerprint density at radius 3 is 0.542 bits per heavy atom. The summed E-state index contributed by atoms with van der Waals surface area (Å²) in [6.07, 6.45) is 0. The zero-order valence-electron chi connectivity index (χ0n) is 24.8. The molecular weight excluding hydrogens is 884 g/mol. The molecule has 0 fully saturated rings. The van der Waals surface area contributed by atoms with Crippen molar-refractivity contribution in [2.24, 2.45) is 0 Å². The predicted octanol–water partition coefficient (Wildman–Crippen LogP) is -11.2. The van der Waals surface area contributed by atoms with Crippen molar-refractivity contribution in [3.05, 3.63) is 0 Å². The van der Waals surface area contributed by atoms with Crippen LogP contribution in [0.5, 0.6) is 0 Å². The van der Waals surface area contributed by atoms with Gasteiger partial charge >= 0.3 is 184 Å². The van der Waals surface area contributed by atoms with Crippen LogP contribution in [0.3, 0.4) is 0 Å². The van der Waals surface area contributed by atoms with Crippen LogP contribution >= 0.6 is 66.0 Å². The maximum Gasteiger partial charge on any atom is 1.00 e. The quantitative estimate of drug-likeness (QED) is 0.0230. The van der Waals surface area contributed by atoms with Gasteiger partial charge in [-0.2, -0.15) is 0 Å². The average Bonchev–Trinajstić information content (AvgIpc) is 2.97. The zero-order chi connectivity index (χ0) is 34.8. The first-order valence-electron chi connectivity index (χ1n) is 9.42. The first-order valence-corrected chi connectivity index (χ1v) is 18.2. The number of rotatable bonds is 24. The maximum absolute atomic E-state index is 10.1. The summed E-state index contributed by atoms with van der Waals surface area (Å²) in [5.41, 5.74) is 0. The SMILES string of the molecule is O=[P+]([O-])OCCO[P+](=O)OO.O=[P+]([O-])OCCO[P+](=O)OO.O=[P+]([O-])OCCO[P+](=O)OO.O=[P+]([O-])OCCO[P+](=O)OO.[Na+].[Na+].[Na+].[Na+]. The Hall–Kier alpha value is 4.00. The van der Waals surface area contributed by atoms with E-state index in [0.29, 0.717) is 0 Å². The second-order valence-corrected chi connectivity index (χ2v) is 11.1. The molecule has 256 valence electrons. The molecule has 0 spiro atoms. The predicted molar refractivity (Wildman–Crippen MR) is 123 cm³/mol. The fourth-order valence-electron chi connectivity index (χ4n) is 0.989. The fourth-order valence-corrected chi connectivity index (χ4v) is 2.97. The van der Waals surface area contributed by atoms with E-state index in [9.17, 15) is 56.1 Å². The number of hydrogen-bond acceptors (Lipinski definition) is 28. The topological polar surface area (TPSA) is 420 Å². The molecule has 0 aromatic rings. The van der Waals surface area contributed by atoms with Gasteiger partial charge in [-0.05, 0) is 18.3 Å². The molecule has 0 saturated carbocycles. The molecule has 0 aromatic carbocycles. The summed E-state index contributed by atoms with van der Waals surface area (Å²) in [5.74, 6) is 0. The minimum Gasteiger partial charge on any atom is -0.566 e. The molecule has 0 aliphatic carbocycles. The van der Waals surface area contributed by atoms with E-state index in [0.717, 1.165) is 0 Å². The normalized spacial score (nSPS) is 11.8. The number of hydrogen-bond donors (Lipinski definition) is 4. The van der Waals surface area contributed by atoms with Crippen molar-refractivity contribution >= 4 is 66.0 Å². The summed E-state index contributed by atoms with van der Waals surface area (Å²) < 4.78 is 125. The smallest absolute Gasteiger partial charge is 0.566 e. The monoisotopic (exact) mass is 904 g/mol. The standard InChI is InChI=1S/4C2H4O7P2.4Na/c4*3-9-11(6)8-2-1-7-10(4)5;;;;/h4*1-2H2;;;;/q;;;;4*+1/p+4. The van der Waals surface area contributed by atoms with E-state index in [4.69, 9.17) is 21.0 Å². The van der Waals surface area contributed by atoms with E-state index in [2.05, 4.69) is 54.9 Å².